The molecule has 0 aliphatic heterocycles. The highest BCUT2D eigenvalue weighted by Crippen LogP contribution is 2.14. The number of hydrogen-bond acceptors (Lipinski definition) is 1. The second kappa shape index (κ2) is 5.85. The first-order chi connectivity index (χ1) is 8.65. The van der Waals surface area contributed by atoms with E-state index in [9.17, 15) is 0 Å². The van der Waals surface area contributed by atoms with Gasteiger partial charge in [-0.25, -0.2) is 4.98 Å². The van der Waals surface area contributed by atoms with Gasteiger partial charge in [0.2, 0.25) is 0 Å². The molecule has 0 fully saturated rings. The van der Waals surface area contributed by atoms with Crippen molar-refractivity contribution < 1.29 is 0 Å². The molecule has 0 N–H and O–H groups in total. The van der Waals surface area contributed by atoms with Crippen LogP contribution in [-0.4, -0.2) is 9.55 Å². The Bertz CT molecular complexity index is 512. The lowest BCUT2D eigenvalue weighted by atomic mass is 10.00. The zero-order chi connectivity index (χ0) is 13.0. The molecule has 96 valence electrons. The summed E-state index contributed by atoms with van der Waals surface area (Å²) in [4.78, 5) is 4.35. The number of aryl methyl sites for hydroxylation is 5. The van der Waals surface area contributed by atoms with E-state index in [1.54, 1.807) is 0 Å². The molecule has 0 aliphatic carbocycles. The minimum absolute atomic E-state index is 1.09. The van der Waals surface area contributed by atoms with Gasteiger partial charge in [0, 0.05) is 13.2 Å². The van der Waals surface area contributed by atoms with Gasteiger partial charge in [0.05, 0.1) is 12.0 Å². The third-order valence-corrected chi connectivity index (χ3v) is 3.39. The van der Waals surface area contributed by atoms with Crippen LogP contribution < -0.4 is 0 Å². The van der Waals surface area contributed by atoms with Gasteiger partial charge < -0.3 is 4.57 Å². The summed E-state index contributed by atoms with van der Waals surface area (Å²) in [5.41, 5.74) is 5.47. The second-order valence-electron chi connectivity index (χ2n) is 5.17. The molecule has 0 unspecified atom stereocenters. The SMILES string of the molecule is Cc1ccc(CCCCc2cn(C)cn2)c(C)c1. The zero-order valence-electron chi connectivity index (χ0n) is 11.6. The van der Waals surface area contributed by atoms with Crippen molar-refractivity contribution in [2.45, 2.75) is 39.5 Å². The molecule has 1 heterocycles. The van der Waals surface area contributed by atoms with Crippen molar-refractivity contribution in [2.75, 3.05) is 0 Å². The maximum Gasteiger partial charge on any atom is 0.0946 e. The van der Waals surface area contributed by atoms with Gasteiger partial charge in [-0.3, -0.25) is 0 Å². The van der Waals surface area contributed by atoms with E-state index in [4.69, 9.17) is 0 Å². The van der Waals surface area contributed by atoms with Crippen molar-refractivity contribution in [2.24, 2.45) is 7.05 Å². The van der Waals surface area contributed by atoms with Gasteiger partial charge in [0.1, 0.15) is 0 Å². The molecule has 0 amide bonds. The fourth-order valence-corrected chi connectivity index (χ4v) is 2.34. The van der Waals surface area contributed by atoms with Gasteiger partial charge in [-0.15, -0.1) is 0 Å². The van der Waals surface area contributed by atoms with E-state index < -0.39 is 0 Å². The summed E-state index contributed by atoms with van der Waals surface area (Å²) >= 11 is 0. The highest BCUT2D eigenvalue weighted by atomic mass is 15.0. The second-order valence-corrected chi connectivity index (χ2v) is 5.17. The normalized spacial score (nSPS) is 10.8. The molecule has 0 aliphatic rings. The van der Waals surface area contributed by atoms with Crippen LogP contribution in [-0.2, 0) is 19.9 Å². The van der Waals surface area contributed by atoms with Gasteiger partial charge >= 0.3 is 0 Å². The van der Waals surface area contributed by atoms with Crippen LogP contribution in [0.1, 0.15) is 35.2 Å². The van der Waals surface area contributed by atoms with E-state index in [2.05, 4.69) is 43.2 Å². The lowest BCUT2D eigenvalue weighted by Gasteiger charge is -2.06. The van der Waals surface area contributed by atoms with E-state index in [0.717, 1.165) is 6.42 Å². The van der Waals surface area contributed by atoms with Crippen LogP contribution in [0.3, 0.4) is 0 Å². The lowest BCUT2D eigenvalue weighted by Crippen LogP contribution is -1.93. The number of nitrogens with zero attached hydrogens (tertiary/aromatic N) is 2. The largest absolute Gasteiger partial charge is 0.340 e. The van der Waals surface area contributed by atoms with Crippen LogP contribution in [0.4, 0.5) is 0 Å². The zero-order valence-corrected chi connectivity index (χ0v) is 11.6. The molecule has 18 heavy (non-hydrogen) atoms. The molecule has 1 aromatic carbocycles. The number of imidazole rings is 1. The summed E-state index contributed by atoms with van der Waals surface area (Å²) in [6, 6.07) is 6.75. The van der Waals surface area contributed by atoms with Crippen molar-refractivity contribution in [3.63, 3.8) is 0 Å². The van der Waals surface area contributed by atoms with Crippen LogP contribution in [0.15, 0.2) is 30.7 Å². The Morgan fingerprint density at radius 1 is 1.11 bits per heavy atom. The van der Waals surface area contributed by atoms with Crippen molar-refractivity contribution >= 4 is 0 Å². The molecule has 0 saturated carbocycles. The summed E-state index contributed by atoms with van der Waals surface area (Å²) in [7, 11) is 2.02. The molecule has 0 saturated heterocycles. The number of hydrogen-bond donors (Lipinski definition) is 0. The van der Waals surface area contributed by atoms with E-state index in [-0.39, 0.29) is 0 Å². The first kappa shape index (κ1) is 12.9. The summed E-state index contributed by atoms with van der Waals surface area (Å²) in [5.74, 6) is 0. The number of rotatable bonds is 5. The molecule has 2 nitrogen and oxygen atoms in total. The average molecular weight is 242 g/mol. The quantitative estimate of drug-likeness (QED) is 0.732. The first-order valence-corrected chi connectivity index (χ1v) is 6.68. The molecule has 2 heteroatoms. The highest BCUT2D eigenvalue weighted by Gasteiger charge is 2.00. The van der Waals surface area contributed by atoms with Gasteiger partial charge in [0.25, 0.3) is 0 Å². The molecule has 0 radical (unpaired) electrons. The van der Waals surface area contributed by atoms with Gasteiger partial charge in [-0.2, -0.15) is 0 Å². The standard InChI is InChI=1S/C16H22N2/c1-13-8-9-15(14(2)10-13)6-4-5-7-16-11-18(3)12-17-16/h8-12H,4-7H2,1-3H3. The summed E-state index contributed by atoms with van der Waals surface area (Å²) < 4.78 is 2.01. The van der Waals surface area contributed by atoms with Crippen LogP contribution in [0.2, 0.25) is 0 Å². The number of aromatic nitrogens is 2. The first-order valence-electron chi connectivity index (χ1n) is 6.68. The molecule has 2 rings (SSSR count). The molecule has 1 aromatic heterocycles. The van der Waals surface area contributed by atoms with E-state index >= 15 is 0 Å². The number of benzene rings is 1. The van der Waals surface area contributed by atoms with E-state index in [1.165, 1.54) is 41.6 Å². The van der Waals surface area contributed by atoms with Crippen molar-refractivity contribution in [3.8, 4) is 0 Å². The van der Waals surface area contributed by atoms with E-state index in [0.29, 0.717) is 0 Å². The summed E-state index contributed by atoms with van der Waals surface area (Å²) in [6.07, 6.45) is 8.70. The minimum Gasteiger partial charge on any atom is -0.340 e. The van der Waals surface area contributed by atoms with Crippen molar-refractivity contribution in [1.29, 1.82) is 0 Å². The predicted octanol–water partition coefficient (Wildman–Crippen LogP) is 3.60. The van der Waals surface area contributed by atoms with Crippen molar-refractivity contribution in [3.05, 3.63) is 53.1 Å². The monoisotopic (exact) mass is 242 g/mol. The predicted molar refractivity (Wildman–Crippen MR) is 75.8 cm³/mol. The fourth-order valence-electron chi connectivity index (χ4n) is 2.34. The topological polar surface area (TPSA) is 17.8 Å². The van der Waals surface area contributed by atoms with Crippen LogP contribution in [0.5, 0.6) is 0 Å². The fraction of sp³-hybridized carbons (Fsp3) is 0.438. The van der Waals surface area contributed by atoms with Crippen LogP contribution >= 0.6 is 0 Å². The molecule has 0 spiro atoms. The van der Waals surface area contributed by atoms with Crippen LogP contribution in [0, 0.1) is 13.8 Å². The Morgan fingerprint density at radius 3 is 2.56 bits per heavy atom. The van der Waals surface area contributed by atoms with Gasteiger partial charge in [-0.05, 0) is 50.7 Å². The molecular formula is C16H22N2. The Labute approximate surface area is 110 Å². The Kier molecular flexibility index (Phi) is 4.19. The highest BCUT2D eigenvalue weighted by molar-refractivity contribution is 5.30. The Hall–Kier alpha value is -1.57. The van der Waals surface area contributed by atoms with Gasteiger partial charge in [0.15, 0.2) is 0 Å². The van der Waals surface area contributed by atoms with Crippen molar-refractivity contribution in [1.82, 2.24) is 9.55 Å². The lowest BCUT2D eigenvalue weighted by molar-refractivity contribution is 0.722. The Balaban J connectivity index is 1.78. The third kappa shape index (κ3) is 3.46. The van der Waals surface area contributed by atoms with Gasteiger partial charge in [-0.1, -0.05) is 23.8 Å². The maximum atomic E-state index is 4.35. The molecule has 0 atom stereocenters. The van der Waals surface area contributed by atoms with E-state index in [1.807, 2.05) is 17.9 Å². The average Bonchev–Trinajstić information content (AvgIpc) is 2.73. The molecule has 0 bridgehead atoms. The molecule has 2 aromatic rings. The maximum absolute atomic E-state index is 4.35. The minimum atomic E-state index is 1.09. The molecular weight excluding hydrogens is 220 g/mol. The third-order valence-electron chi connectivity index (χ3n) is 3.39. The number of unbranched alkanes of at least 4 members (excludes halogenated alkanes) is 1. The smallest absolute Gasteiger partial charge is 0.0946 e. The Morgan fingerprint density at radius 2 is 1.89 bits per heavy atom. The summed E-state index contributed by atoms with van der Waals surface area (Å²) in [6.45, 7) is 4.36. The summed E-state index contributed by atoms with van der Waals surface area (Å²) in [5, 5.41) is 0. The van der Waals surface area contributed by atoms with Crippen LogP contribution in [0.25, 0.3) is 0 Å².